The fraction of sp³-hybridized carbons (Fsp3) is 0.250. The summed E-state index contributed by atoms with van der Waals surface area (Å²) in [6.45, 7) is 14.6. The number of nitrogens with one attached hydrogen (secondary N) is 2. The number of methoxy groups -OCH3 is 2. The first-order valence-corrected chi connectivity index (χ1v) is 26.6. The molecule has 0 aliphatic carbocycles. The van der Waals surface area contributed by atoms with Crippen molar-refractivity contribution in [2.45, 2.75) is 91.5 Å². The number of nitrogens with zero attached hydrogens (tertiary/aromatic N) is 4. The molecule has 0 fully saturated rings. The third-order valence-electron chi connectivity index (χ3n) is 11.8. The molecule has 0 saturated carbocycles. The van der Waals surface area contributed by atoms with Crippen LogP contribution in [0.1, 0.15) is 129 Å². The standard InChI is InChI=1S/C32H31N3O5.C22H24BrN3O3.C10H8O2/c1-6-25(34-31(38)40-32(2,3)4)28-33-26-14-10-11-22(18-15-21-16-19-23(20-17-21)30(37)39-5)27(26)29(36)35(28)24-12-8-7-9-13-24;1-5-16(25-21(28)29-22(2,3)4)19-24-17-13-9-12-15(23)18(17)20(27)26(19)14-10-7-6-8-11-14;1-3-8-4-6-9(7-5-8)10(11)12-2/h7-14,16-17,19-20,25H,6H2,1-5H3,(H,34,38);6-13,16H,5H2,1-4H3,(H,25,28);1,4-7H,2H3/t25-;16-;/m00./s1. The Kier molecular flexibility index (Phi) is 20.7. The van der Waals surface area contributed by atoms with Crippen molar-refractivity contribution in [1.82, 2.24) is 29.7 Å². The smallest absolute Gasteiger partial charge is 0.408 e. The fourth-order valence-electron chi connectivity index (χ4n) is 8.04. The Balaban J connectivity index is 0.000000223. The summed E-state index contributed by atoms with van der Waals surface area (Å²) in [7, 11) is 2.67. The number of terminal acetylenes is 1. The molecule has 17 heteroatoms. The van der Waals surface area contributed by atoms with Gasteiger partial charge in [-0.1, -0.05) is 80.1 Å². The van der Waals surface area contributed by atoms with Gasteiger partial charge in [-0.2, -0.15) is 0 Å². The average molecular weight is 1160 g/mol. The Labute approximate surface area is 479 Å². The molecule has 0 aliphatic heterocycles. The summed E-state index contributed by atoms with van der Waals surface area (Å²) in [4.78, 5) is 84.9. The molecule has 16 nitrogen and oxygen atoms in total. The largest absolute Gasteiger partial charge is 0.465 e. The summed E-state index contributed by atoms with van der Waals surface area (Å²) in [5.41, 5.74) is 3.39. The average Bonchev–Trinajstić information content (AvgIpc) is 3.49. The predicted octanol–water partition coefficient (Wildman–Crippen LogP) is 12.1. The zero-order valence-electron chi connectivity index (χ0n) is 46.8. The zero-order valence-corrected chi connectivity index (χ0v) is 48.3. The van der Waals surface area contributed by atoms with Crippen molar-refractivity contribution in [1.29, 1.82) is 0 Å². The van der Waals surface area contributed by atoms with Crippen molar-refractivity contribution in [3.8, 4) is 35.6 Å². The van der Waals surface area contributed by atoms with E-state index in [1.165, 1.54) is 18.8 Å². The summed E-state index contributed by atoms with van der Waals surface area (Å²) < 4.78 is 23.9. The number of esters is 2. The maximum absolute atomic E-state index is 14.1. The maximum Gasteiger partial charge on any atom is 0.408 e. The first-order chi connectivity index (χ1) is 38.6. The van der Waals surface area contributed by atoms with Crippen LogP contribution in [0.15, 0.2) is 160 Å². The Hall–Kier alpha value is -9.32. The van der Waals surface area contributed by atoms with E-state index >= 15 is 0 Å². The molecular formula is C64H63BrN6O10. The molecular weight excluding hydrogens is 1090 g/mol. The Morgan fingerprint density at radius 1 is 0.556 bits per heavy atom. The lowest BCUT2D eigenvalue weighted by Crippen LogP contribution is -2.37. The van der Waals surface area contributed by atoms with E-state index < -0.39 is 41.4 Å². The van der Waals surface area contributed by atoms with Crippen LogP contribution in [-0.2, 0) is 18.9 Å². The van der Waals surface area contributed by atoms with Gasteiger partial charge in [0.05, 0.1) is 70.6 Å². The number of alkyl carbamates (subject to hydrolysis) is 2. The van der Waals surface area contributed by atoms with Crippen molar-refractivity contribution >= 4 is 61.9 Å². The van der Waals surface area contributed by atoms with Crippen molar-refractivity contribution in [2.75, 3.05) is 14.2 Å². The summed E-state index contributed by atoms with van der Waals surface area (Å²) in [6.07, 6.45) is 5.02. The molecule has 6 aromatic carbocycles. The topological polar surface area (TPSA) is 199 Å². The van der Waals surface area contributed by atoms with Gasteiger partial charge < -0.3 is 29.6 Å². The van der Waals surface area contributed by atoms with Gasteiger partial charge in [-0.05, 0) is 167 Å². The summed E-state index contributed by atoms with van der Waals surface area (Å²) in [5.74, 6) is 8.70. The van der Waals surface area contributed by atoms with Crippen LogP contribution in [0, 0.1) is 24.2 Å². The van der Waals surface area contributed by atoms with Gasteiger partial charge in [0.15, 0.2) is 0 Å². The number of ether oxygens (including phenoxy) is 4. The van der Waals surface area contributed by atoms with E-state index in [4.69, 9.17) is 30.6 Å². The molecule has 2 atom stereocenters. The summed E-state index contributed by atoms with van der Waals surface area (Å²) >= 11 is 3.46. The Morgan fingerprint density at radius 2 is 0.963 bits per heavy atom. The molecule has 2 aromatic heterocycles. The number of carbonyl (C=O) groups excluding carboxylic acids is 4. The lowest BCUT2D eigenvalue weighted by Gasteiger charge is -2.24. The van der Waals surface area contributed by atoms with Crippen LogP contribution in [0.4, 0.5) is 9.59 Å². The van der Waals surface area contributed by atoms with E-state index in [0.29, 0.717) is 84.4 Å². The highest BCUT2D eigenvalue weighted by Gasteiger charge is 2.27. The quantitative estimate of drug-likeness (QED) is 0.0747. The van der Waals surface area contributed by atoms with Gasteiger partial charge in [-0.25, -0.2) is 29.1 Å². The number of benzene rings is 6. The minimum Gasteiger partial charge on any atom is -0.465 e. The minimum atomic E-state index is -0.675. The normalized spacial score (nSPS) is 11.6. The van der Waals surface area contributed by atoms with E-state index in [2.05, 4.69) is 49.1 Å². The first kappa shape index (κ1) is 60.9. The van der Waals surface area contributed by atoms with Gasteiger partial charge >= 0.3 is 24.1 Å². The van der Waals surface area contributed by atoms with Crippen molar-refractivity contribution < 1.29 is 38.1 Å². The van der Waals surface area contributed by atoms with Crippen LogP contribution in [0.5, 0.6) is 0 Å². The van der Waals surface area contributed by atoms with Gasteiger partial charge in [0.1, 0.15) is 22.9 Å². The number of carbonyl (C=O) groups is 4. The van der Waals surface area contributed by atoms with Crippen LogP contribution in [-0.4, -0.2) is 68.6 Å². The van der Waals surface area contributed by atoms with E-state index in [1.807, 2.05) is 86.6 Å². The van der Waals surface area contributed by atoms with Crippen molar-refractivity contribution in [2.24, 2.45) is 0 Å². The molecule has 2 amide bonds. The van der Waals surface area contributed by atoms with E-state index in [0.717, 1.165) is 5.56 Å². The van der Waals surface area contributed by atoms with Crippen molar-refractivity contribution in [3.05, 3.63) is 210 Å². The molecule has 0 saturated heterocycles. The van der Waals surface area contributed by atoms with Crippen LogP contribution in [0.25, 0.3) is 33.2 Å². The zero-order chi connectivity index (χ0) is 59.0. The highest BCUT2D eigenvalue weighted by atomic mass is 79.9. The monoisotopic (exact) mass is 1150 g/mol. The molecule has 0 bridgehead atoms. The summed E-state index contributed by atoms with van der Waals surface area (Å²) in [6, 6.07) is 41.5. The molecule has 0 radical (unpaired) electrons. The van der Waals surface area contributed by atoms with Crippen LogP contribution < -0.4 is 21.8 Å². The molecule has 2 N–H and O–H groups in total. The second kappa shape index (κ2) is 27.5. The lowest BCUT2D eigenvalue weighted by molar-refractivity contribution is 0.0487. The number of para-hydroxylation sites is 2. The number of halogens is 1. The maximum atomic E-state index is 14.1. The first-order valence-electron chi connectivity index (χ1n) is 25.8. The van der Waals surface area contributed by atoms with Gasteiger partial charge in [0, 0.05) is 21.2 Å². The number of aromatic nitrogens is 4. The number of amides is 2. The number of fused-ring (bicyclic) bond motifs is 2. The molecule has 81 heavy (non-hydrogen) atoms. The van der Waals surface area contributed by atoms with Crippen LogP contribution in [0.2, 0.25) is 0 Å². The van der Waals surface area contributed by atoms with Gasteiger partial charge in [0.2, 0.25) is 0 Å². The third-order valence-corrected chi connectivity index (χ3v) is 12.4. The third kappa shape index (κ3) is 16.1. The minimum absolute atomic E-state index is 0.201. The molecule has 0 unspecified atom stereocenters. The lowest BCUT2D eigenvalue weighted by atomic mass is 10.1. The van der Waals surface area contributed by atoms with E-state index in [1.54, 1.807) is 119 Å². The van der Waals surface area contributed by atoms with Gasteiger partial charge in [0.25, 0.3) is 11.1 Å². The van der Waals surface area contributed by atoms with Crippen LogP contribution >= 0.6 is 15.9 Å². The molecule has 0 spiro atoms. The van der Waals surface area contributed by atoms with Crippen molar-refractivity contribution in [3.63, 3.8) is 0 Å². The fourth-order valence-corrected chi connectivity index (χ4v) is 8.57. The molecule has 2 heterocycles. The van der Waals surface area contributed by atoms with Gasteiger partial charge in [-0.3, -0.25) is 18.7 Å². The highest BCUT2D eigenvalue weighted by Crippen LogP contribution is 2.26. The molecule has 8 rings (SSSR count). The van der Waals surface area contributed by atoms with E-state index in [9.17, 15) is 28.8 Å². The highest BCUT2D eigenvalue weighted by molar-refractivity contribution is 9.10. The Morgan fingerprint density at radius 3 is 1.37 bits per heavy atom. The molecule has 8 aromatic rings. The SMILES string of the molecule is C#Cc1ccc(C(=O)OC)cc1.CC[C@H](NC(=O)OC(C)(C)C)c1nc2cccc(Br)c2c(=O)n1-c1ccccc1.CC[C@H](NC(=O)OC(C)(C)C)c1nc2cccc(C#Cc3ccc(C(=O)OC)cc3)c2c(=O)n1-c1ccccc1. The predicted molar refractivity (Wildman–Crippen MR) is 317 cm³/mol. The molecule has 416 valence electrons. The van der Waals surface area contributed by atoms with E-state index in [-0.39, 0.29) is 17.1 Å². The Bertz CT molecular complexity index is 3780. The number of rotatable bonds is 10. The second-order valence-electron chi connectivity index (χ2n) is 20.0. The van der Waals surface area contributed by atoms with Crippen LogP contribution in [0.3, 0.4) is 0 Å². The number of hydrogen-bond acceptors (Lipinski definition) is 12. The molecule has 0 aliphatic rings. The summed E-state index contributed by atoms with van der Waals surface area (Å²) in [5, 5.41) is 6.59. The number of hydrogen-bond donors (Lipinski definition) is 2. The second-order valence-corrected chi connectivity index (χ2v) is 20.8. The van der Waals surface area contributed by atoms with Gasteiger partial charge in [-0.15, -0.1) is 6.42 Å².